The highest BCUT2D eigenvalue weighted by Crippen LogP contribution is 2.65. The van der Waals surface area contributed by atoms with E-state index >= 15 is 0 Å². The molecule has 0 bridgehead atoms. The van der Waals surface area contributed by atoms with Crippen molar-refractivity contribution >= 4 is 56.9 Å². The van der Waals surface area contributed by atoms with Crippen molar-refractivity contribution in [2.24, 2.45) is 5.92 Å². The van der Waals surface area contributed by atoms with Crippen molar-refractivity contribution in [2.75, 3.05) is 19.6 Å². The minimum Gasteiger partial charge on any atom is -0.311 e. The molecule has 4 heteroatoms. The van der Waals surface area contributed by atoms with E-state index in [0.717, 1.165) is 81.8 Å². The molecule has 10 aromatic carbocycles. The molecule has 4 aliphatic rings. The smallest absolute Gasteiger partial charge is 0.0728 e. The van der Waals surface area contributed by atoms with Crippen LogP contribution in [0.4, 0.5) is 56.9 Å². The molecule has 0 saturated heterocycles. The Morgan fingerprint density at radius 2 is 0.662 bits per heavy atom. The standard InChI is InChI=1S/C76H60N4/c1-2-24-55-39-41-63(42-40-55)80(62-37-22-9-23-38-62)67-46-50-71-70-49-45-66(79(60-33-18-7-19-34-60)61-35-20-8-21-36-61)53-74(70)76(75(71)54-67)72-51-64(77(56-25-10-3-11-26-56)57-27-12-4-13-28-57)43-47-68(72)69-48-44-65(52-73(69)76)78(58-29-14-5-15-30-58)59-31-16-6-17-32-59/h2-7,9-20,22-39,41-55H,8,21,40H2,1H3/b24-2+. The van der Waals surface area contributed by atoms with Gasteiger partial charge in [-0.25, -0.2) is 0 Å². The van der Waals surface area contributed by atoms with Gasteiger partial charge in [-0.1, -0.05) is 170 Å². The summed E-state index contributed by atoms with van der Waals surface area (Å²) in [6.07, 6.45) is 21.5. The second-order valence-electron chi connectivity index (χ2n) is 21.0. The molecule has 0 N–H and O–H groups in total. The van der Waals surface area contributed by atoms with Crippen LogP contribution in [0.5, 0.6) is 0 Å². The lowest BCUT2D eigenvalue weighted by Crippen LogP contribution is -2.28. The number of hydrogen-bond donors (Lipinski definition) is 0. The van der Waals surface area contributed by atoms with E-state index in [-0.39, 0.29) is 0 Å². The first kappa shape index (κ1) is 48.5. The molecule has 0 saturated carbocycles. The fourth-order valence-corrected chi connectivity index (χ4v) is 12.9. The summed E-state index contributed by atoms with van der Waals surface area (Å²) in [5.41, 5.74) is 22.5. The minimum atomic E-state index is -0.805. The summed E-state index contributed by atoms with van der Waals surface area (Å²) >= 11 is 0. The summed E-state index contributed by atoms with van der Waals surface area (Å²) in [4.78, 5) is 9.75. The molecule has 4 aliphatic carbocycles. The second-order valence-corrected chi connectivity index (χ2v) is 21.0. The van der Waals surface area contributed by atoms with Gasteiger partial charge in [-0.15, -0.1) is 0 Å². The van der Waals surface area contributed by atoms with Crippen LogP contribution in [0.25, 0.3) is 22.3 Å². The molecule has 1 spiro atoms. The van der Waals surface area contributed by atoms with Crippen LogP contribution in [-0.2, 0) is 5.41 Å². The molecule has 1 unspecified atom stereocenters. The van der Waals surface area contributed by atoms with Gasteiger partial charge in [-0.05, 0) is 210 Å². The molecule has 1 atom stereocenters. The zero-order valence-corrected chi connectivity index (χ0v) is 44.9. The lowest BCUT2D eigenvalue weighted by Gasteiger charge is -2.35. The number of para-hydroxylation sites is 6. The molecule has 4 nitrogen and oxygen atoms in total. The Balaban J connectivity index is 1.08. The van der Waals surface area contributed by atoms with E-state index in [1.54, 1.807) is 0 Å². The van der Waals surface area contributed by atoms with Crippen LogP contribution in [0, 0.1) is 5.92 Å². The summed E-state index contributed by atoms with van der Waals surface area (Å²) < 4.78 is 0. The van der Waals surface area contributed by atoms with Gasteiger partial charge in [0, 0.05) is 68.3 Å². The van der Waals surface area contributed by atoms with Gasteiger partial charge in [0.05, 0.1) is 5.41 Å². The molecule has 80 heavy (non-hydrogen) atoms. The largest absolute Gasteiger partial charge is 0.311 e. The lowest BCUT2D eigenvalue weighted by atomic mass is 9.70. The van der Waals surface area contributed by atoms with E-state index in [1.165, 1.54) is 50.2 Å². The molecule has 0 radical (unpaired) electrons. The SMILES string of the molecule is C/C=C/C1C=CC(N(c2ccccc2)c2ccc3c(c2)C2(c4cc(N(C5=CCCC=C5)c5ccccc5)ccc4-3)c3cc(N(c4ccccc4)c4ccccc4)ccc3-c3ccc(N(c4ccccc4)c4ccccc4)cc32)=CC1. The maximum Gasteiger partial charge on any atom is 0.0728 e. The van der Waals surface area contributed by atoms with Crippen LogP contribution in [-0.4, -0.2) is 0 Å². The van der Waals surface area contributed by atoms with Crippen molar-refractivity contribution in [1.82, 2.24) is 0 Å². The summed E-state index contributed by atoms with van der Waals surface area (Å²) in [6.45, 7) is 2.11. The van der Waals surface area contributed by atoms with Gasteiger partial charge < -0.3 is 19.6 Å². The van der Waals surface area contributed by atoms with Gasteiger partial charge in [0.25, 0.3) is 0 Å². The summed E-state index contributed by atoms with van der Waals surface area (Å²) in [5.74, 6) is 0.358. The average Bonchev–Trinajstić information content (AvgIpc) is 4.05. The molecule has 0 aliphatic heterocycles. The fraction of sp³-hybridized carbons (Fsp3) is 0.0789. The number of allylic oxidation sites excluding steroid dienone is 8. The number of nitrogens with zero attached hydrogens (tertiary/aromatic N) is 4. The third-order valence-electron chi connectivity index (χ3n) is 16.4. The third-order valence-corrected chi connectivity index (χ3v) is 16.4. The van der Waals surface area contributed by atoms with Crippen LogP contribution < -0.4 is 19.6 Å². The van der Waals surface area contributed by atoms with E-state index in [9.17, 15) is 0 Å². The van der Waals surface area contributed by atoms with Crippen LogP contribution in [0.2, 0.25) is 0 Å². The number of anilines is 10. The molecular weight excluding hydrogens is 969 g/mol. The Bertz CT molecular complexity index is 3840. The normalized spacial score (nSPS) is 15.1. The highest BCUT2D eigenvalue weighted by Gasteiger charge is 2.53. The van der Waals surface area contributed by atoms with Crippen molar-refractivity contribution in [3.8, 4) is 22.3 Å². The highest BCUT2D eigenvalue weighted by molar-refractivity contribution is 5.99. The molecule has 0 aromatic heterocycles. The molecule has 0 fully saturated rings. The molecule has 0 amide bonds. The third kappa shape index (κ3) is 8.40. The number of hydrogen-bond acceptors (Lipinski definition) is 4. The van der Waals surface area contributed by atoms with E-state index in [2.05, 4.69) is 330 Å². The van der Waals surface area contributed by atoms with Crippen molar-refractivity contribution in [3.63, 3.8) is 0 Å². The first-order valence-corrected chi connectivity index (χ1v) is 28.1. The van der Waals surface area contributed by atoms with Gasteiger partial charge in [-0.2, -0.15) is 0 Å². The molecular formula is C76H60N4. The maximum absolute atomic E-state index is 2.53. The van der Waals surface area contributed by atoms with Crippen molar-refractivity contribution in [1.29, 1.82) is 0 Å². The first-order valence-electron chi connectivity index (χ1n) is 28.1. The van der Waals surface area contributed by atoms with Crippen molar-refractivity contribution in [3.05, 3.63) is 337 Å². The van der Waals surface area contributed by atoms with Crippen LogP contribution in [0.1, 0.15) is 48.4 Å². The predicted molar refractivity (Wildman–Crippen MR) is 336 cm³/mol. The molecule has 10 aromatic rings. The Hall–Kier alpha value is -9.90. The van der Waals surface area contributed by atoms with Gasteiger partial charge in [0.2, 0.25) is 0 Å². The molecule has 384 valence electrons. The number of rotatable bonds is 13. The Labute approximate surface area is 470 Å². The maximum atomic E-state index is 2.53. The first-order chi connectivity index (χ1) is 39.7. The number of fused-ring (bicyclic) bond motifs is 10. The second kappa shape index (κ2) is 20.8. The quantitative estimate of drug-likeness (QED) is 0.107. The molecule has 14 rings (SSSR count). The lowest BCUT2D eigenvalue weighted by molar-refractivity contribution is 0.792. The van der Waals surface area contributed by atoms with Crippen LogP contribution >= 0.6 is 0 Å². The zero-order chi connectivity index (χ0) is 53.4. The van der Waals surface area contributed by atoms with Crippen molar-refractivity contribution in [2.45, 2.75) is 31.6 Å². The zero-order valence-electron chi connectivity index (χ0n) is 44.9. The summed E-state index contributed by atoms with van der Waals surface area (Å²) in [7, 11) is 0. The topological polar surface area (TPSA) is 13.0 Å². The van der Waals surface area contributed by atoms with Gasteiger partial charge in [0.15, 0.2) is 0 Å². The highest BCUT2D eigenvalue weighted by atomic mass is 15.2. The van der Waals surface area contributed by atoms with Crippen LogP contribution in [0.3, 0.4) is 0 Å². The predicted octanol–water partition coefficient (Wildman–Crippen LogP) is 20.5. The van der Waals surface area contributed by atoms with Crippen LogP contribution in [0.15, 0.2) is 315 Å². The van der Waals surface area contributed by atoms with Gasteiger partial charge in [0.1, 0.15) is 0 Å². The van der Waals surface area contributed by atoms with Gasteiger partial charge in [-0.3, -0.25) is 0 Å². The Kier molecular flexibility index (Phi) is 12.6. The Morgan fingerprint density at radius 1 is 0.338 bits per heavy atom. The Morgan fingerprint density at radius 3 is 0.963 bits per heavy atom. The minimum absolute atomic E-state index is 0.358. The van der Waals surface area contributed by atoms with E-state index < -0.39 is 5.41 Å². The van der Waals surface area contributed by atoms with E-state index in [4.69, 9.17) is 0 Å². The van der Waals surface area contributed by atoms with Crippen molar-refractivity contribution < 1.29 is 0 Å². The van der Waals surface area contributed by atoms with E-state index in [1.807, 2.05) is 0 Å². The van der Waals surface area contributed by atoms with Gasteiger partial charge >= 0.3 is 0 Å². The summed E-state index contributed by atoms with van der Waals surface area (Å²) in [6, 6.07) is 94.2. The van der Waals surface area contributed by atoms with E-state index in [0.29, 0.717) is 5.92 Å². The summed E-state index contributed by atoms with van der Waals surface area (Å²) in [5, 5.41) is 0. The monoisotopic (exact) mass is 1030 g/mol. The average molecular weight is 1030 g/mol. The fourth-order valence-electron chi connectivity index (χ4n) is 12.9. The number of benzene rings is 10. The molecule has 0 heterocycles.